The van der Waals surface area contributed by atoms with Crippen molar-refractivity contribution in [1.82, 2.24) is 4.90 Å². The van der Waals surface area contributed by atoms with E-state index in [-0.39, 0.29) is 11.5 Å². The van der Waals surface area contributed by atoms with E-state index in [1.807, 2.05) is 24.3 Å². The molecule has 1 amide bonds. The molecule has 5 nitrogen and oxygen atoms in total. The Kier molecular flexibility index (Phi) is 5.06. The van der Waals surface area contributed by atoms with Crippen LogP contribution in [0.1, 0.15) is 10.4 Å². The number of halogens is 2. The number of rotatable bonds is 2. The van der Waals surface area contributed by atoms with E-state index in [2.05, 4.69) is 48.9 Å². The van der Waals surface area contributed by atoms with Gasteiger partial charge in [-0.3, -0.25) is 4.79 Å². The van der Waals surface area contributed by atoms with Gasteiger partial charge < -0.3 is 14.2 Å². The molecule has 0 bridgehead atoms. The molecule has 0 atom stereocenters. The average molecular weight is 492 g/mol. The molecule has 0 radical (unpaired) electrons. The molecule has 3 aromatic rings. The fourth-order valence-electron chi connectivity index (χ4n) is 3.28. The third-order valence-corrected chi connectivity index (χ3v) is 5.72. The molecule has 27 heavy (non-hydrogen) atoms. The largest absolute Gasteiger partial charge is 0.421 e. The summed E-state index contributed by atoms with van der Waals surface area (Å²) < 4.78 is 6.90. The molecule has 1 aromatic heterocycles. The maximum atomic E-state index is 12.9. The standard InChI is InChI=1S/C20H16Br2N2O3/c21-14-10-13-11-16(20(26)27-18(13)17(22)12-14)19(25)24-8-6-23(7-9-24)15-4-2-1-3-5-15/h1-5,10-12H,6-9H2. The minimum absolute atomic E-state index is 0.0701. The minimum Gasteiger partial charge on any atom is -0.421 e. The van der Waals surface area contributed by atoms with Gasteiger partial charge in [-0.15, -0.1) is 0 Å². The molecular formula is C20H16Br2N2O3. The van der Waals surface area contributed by atoms with Crippen molar-refractivity contribution in [3.8, 4) is 0 Å². The number of benzene rings is 2. The van der Waals surface area contributed by atoms with Crippen LogP contribution < -0.4 is 10.5 Å². The molecule has 2 aromatic carbocycles. The van der Waals surface area contributed by atoms with Crippen LogP contribution in [0.5, 0.6) is 0 Å². The normalized spacial score (nSPS) is 14.6. The minimum atomic E-state index is -0.610. The Balaban J connectivity index is 1.57. The van der Waals surface area contributed by atoms with Gasteiger partial charge in [-0.2, -0.15) is 0 Å². The van der Waals surface area contributed by atoms with Gasteiger partial charge >= 0.3 is 5.63 Å². The van der Waals surface area contributed by atoms with Crippen molar-refractivity contribution < 1.29 is 9.21 Å². The topological polar surface area (TPSA) is 53.8 Å². The summed E-state index contributed by atoms with van der Waals surface area (Å²) in [6.07, 6.45) is 0. The molecule has 1 aliphatic heterocycles. The Hall–Kier alpha value is -2.12. The number of amides is 1. The second-order valence-electron chi connectivity index (χ2n) is 6.37. The summed E-state index contributed by atoms with van der Waals surface area (Å²) in [5.41, 5.74) is 1.04. The van der Waals surface area contributed by atoms with Crippen LogP contribution in [0.2, 0.25) is 0 Å². The number of fused-ring (bicyclic) bond motifs is 1. The van der Waals surface area contributed by atoms with Crippen molar-refractivity contribution in [2.24, 2.45) is 0 Å². The number of piperazine rings is 1. The first kappa shape index (κ1) is 18.3. The molecule has 1 aliphatic rings. The van der Waals surface area contributed by atoms with Crippen LogP contribution in [0.15, 0.2) is 66.7 Å². The molecular weight excluding hydrogens is 476 g/mol. The van der Waals surface area contributed by atoms with Gasteiger partial charge in [0.25, 0.3) is 5.91 Å². The number of anilines is 1. The zero-order valence-electron chi connectivity index (χ0n) is 14.3. The van der Waals surface area contributed by atoms with Crippen LogP contribution in [0.25, 0.3) is 11.0 Å². The molecule has 7 heteroatoms. The summed E-state index contributed by atoms with van der Waals surface area (Å²) in [7, 11) is 0. The van der Waals surface area contributed by atoms with E-state index in [1.165, 1.54) is 0 Å². The zero-order chi connectivity index (χ0) is 19.0. The Bertz CT molecular complexity index is 1060. The first-order chi connectivity index (χ1) is 13.0. The van der Waals surface area contributed by atoms with Crippen LogP contribution >= 0.6 is 31.9 Å². The lowest BCUT2D eigenvalue weighted by atomic mass is 10.1. The SMILES string of the molecule is O=C(c1cc2cc(Br)cc(Br)c2oc1=O)N1CCN(c2ccccc2)CC1. The van der Waals surface area contributed by atoms with Gasteiger partial charge in [0, 0.05) is 41.7 Å². The number of nitrogens with zero attached hydrogens (tertiary/aromatic N) is 2. The highest BCUT2D eigenvalue weighted by Gasteiger charge is 2.25. The fraction of sp³-hybridized carbons (Fsp3) is 0.200. The summed E-state index contributed by atoms with van der Waals surface area (Å²) in [5, 5.41) is 0.696. The second-order valence-corrected chi connectivity index (χ2v) is 8.14. The van der Waals surface area contributed by atoms with Gasteiger partial charge in [-0.05, 0) is 46.3 Å². The molecule has 0 saturated carbocycles. The number of hydrogen-bond acceptors (Lipinski definition) is 4. The van der Waals surface area contributed by atoms with Crippen molar-refractivity contribution in [2.75, 3.05) is 31.1 Å². The van der Waals surface area contributed by atoms with Gasteiger partial charge in [0.05, 0.1) is 4.47 Å². The van der Waals surface area contributed by atoms with Crippen molar-refractivity contribution in [3.05, 3.63) is 73.5 Å². The Morgan fingerprint density at radius 2 is 1.67 bits per heavy atom. The monoisotopic (exact) mass is 490 g/mol. The quantitative estimate of drug-likeness (QED) is 0.502. The summed E-state index contributed by atoms with van der Waals surface area (Å²) in [6, 6.07) is 15.4. The van der Waals surface area contributed by atoms with E-state index in [9.17, 15) is 9.59 Å². The van der Waals surface area contributed by atoms with Crippen LogP contribution in [-0.4, -0.2) is 37.0 Å². The van der Waals surface area contributed by atoms with Gasteiger partial charge in [0.1, 0.15) is 5.56 Å². The fourth-order valence-corrected chi connectivity index (χ4v) is 4.62. The van der Waals surface area contributed by atoms with Crippen LogP contribution in [-0.2, 0) is 0 Å². The van der Waals surface area contributed by atoms with E-state index in [4.69, 9.17) is 4.42 Å². The van der Waals surface area contributed by atoms with Gasteiger partial charge in [-0.25, -0.2) is 4.79 Å². The molecule has 4 rings (SSSR count). The third-order valence-electron chi connectivity index (χ3n) is 4.67. The average Bonchev–Trinajstić information content (AvgIpc) is 2.68. The molecule has 0 aliphatic carbocycles. The first-order valence-corrected chi connectivity index (χ1v) is 10.1. The maximum absolute atomic E-state index is 12.9. The summed E-state index contributed by atoms with van der Waals surface area (Å²) >= 11 is 6.80. The number of hydrogen-bond donors (Lipinski definition) is 0. The summed E-state index contributed by atoms with van der Waals surface area (Å²) in [4.78, 5) is 29.2. The Labute approximate surface area is 172 Å². The Morgan fingerprint density at radius 1 is 0.963 bits per heavy atom. The molecule has 2 heterocycles. The van der Waals surface area contributed by atoms with E-state index in [1.54, 1.807) is 17.0 Å². The van der Waals surface area contributed by atoms with Crippen molar-refractivity contribution in [1.29, 1.82) is 0 Å². The lowest BCUT2D eigenvalue weighted by Crippen LogP contribution is -2.49. The third kappa shape index (κ3) is 3.66. The van der Waals surface area contributed by atoms with Crippen molar-refractivity contribution in [3.63, 3.8) is 0 Å². The predicted molar refractivity (Wildman–Crippen MR) is 112 cm³/mol. The highest BCUT2D eigenvalue weighted by Crippen LogP contribution is 2.28. The first-order valence-electron chi connectivity index (χ1n) is 8.55. The molecule has 0 spiro atoms. The van der Waals surface area contributed by atoms with Crippen LogP contribution in [0.3, 0.4) is 0 Å². The predicted octanol–water partition coefficient (Wildman–Crippen LogP) is 4.28. The number of carbonyl (C=O) groups is 1. The lowest BCUT2D eigenvalue weighted by Gasteiger charge is -2.36. The Morgan fingerprint density at radius 3 is 2.37 bits per heavy atom. The number of carbonyl (C=O) groups excluding carboxylic acids is 1. The van der Waals surface area contributed by atoms with Gasteiger partial charge in [0.15, 0.2) is 5.58 Å². The molecule has 1 fully saturated rings. The second kappa shape index (κ2) is 7.48. The molecule has 138 valence electrons. The van der Waals surface area contributed by atoms with Crippen molar-refractivity contribution in [2.45, 2.75) is 0 Å². The van der Waals surface area contributed by atoms with E-state index in [0.717, 1.165) is 23.2 Å². The lowest BCUT2D eigenvalue weighted by molar-refractivity contribution is 0.0742. The van der Waals surface area contributed by atoms with E-state index >= 15 is 0 Å². The highest BCUT2D eigenvalue weighted by molar-refractivity contribution is 9.11. The summed E-state index contributed by atoms with van der Waals surface area (Å²) in [5.74, 6) is -0.283. The van der Waals surface area contributed by atoms with Crippen LogP contribution in [0, 0.1) is 0 Å². The highest BCUT2D eigenvalue weighted by atomic mass is 79.9. The molecule has 0 unspecified atom stereocenters. The maximum Gasteiger partial charge on any atom is 0.349 e. The smallest absolute Gasteiger partial charge is 0.349 e. The van der Waals surface area contributed by atoms with Crippen LogP contribution in [0.4, 0.5) is 5.69 Å². The number of para-hydroxylation sites is 1. The van der Waals surface area contributed by atoms with Crippen molar-refractivity contribution >= 4 is 54.4 Å². The molecule has 1 saturated heterocycles. The van der Waals surface area contributed by atoms with E-state index in [0.29, 0.717) is 28.5 Å². The zero-order valence-corrected chi connectivity index (χ0v) is 17.5. The molecule has 0 N–H and O–H groups in total. The van der Waals surface area contributed by atoms with Gasteiger partial charge in [0.2, 0.25) is 0 Å². The van der Waals surface area contributed by atoms with Gasteiger partial charge in [-0.1, -0.05) is 34.1 Å². The van der Waals surface area contributed by atoms with E-state index < -0.39 is 5.63 Å². The summed E-state index contributed by atoms with van der Waals surface area (Å²) in [6.45, 7) is 2.58.